The van der Waals surface area contributed by atoms with Crippen molar-refractivity contribution in [1.29, 1.82) is 0 Å². The maximum atomic E-state index is 15.0. The lowest BCUT2D eigenvalue weighted by molar-refractivity contribution is -0.144. The van der Waals surface area contributed by atoms with Crippen molar-refractivity contribution in [3.8, 4) is 27.4 Å². The fraction of sp³-hybridized carbons (Fsp3) is 0.488. The third-order valence-electron chi connectivity index (χ3n) is 10.1. The number of morpholine rings is 1. The van der Waals surface area contributed by atoms with Crippen LogP contribution >= 0.6 is 22.7 Å². The number of carbonyl (C=O) groups is 3. The monoisotopic (exact) mass is 806 g/mol. The molecular formula is C41H51FN6O6S2. The first-order valence-corrected chi connectivity index (χ1v) is 20.8. The van der Waals surface area contributed by atoms with Gasteiger partial charge in [0.1, 0.15) is 12.1 Å². The molecule has 56 heavy (non-hydrogen) atoms. The highest BCUT2D eigenvalue weighted by Crippen LogP contribution is 2.32. The number of anilines is 1. The van der Waals surface area contributed by atoms with Crippen LogP contribution in [0, 0.1) is 18.2 Å². The van der Waals surface area contributed by atoms with Crippen LogP contribution in [0.2, 0.25) is 0 Å². The fourth-order valence-electron chi connectivity index (χ4n) is 6.89. The van der Waals surface area contributed by atoms with E-state index in [1.165, 1.54) is 22.3 Å². The van der Waals surface area contributed by atoms with Gasteiger partial charge in [0, 0.05) is 43.4 Å². The molecule has 12 nitrogen and oxygen atoms in total. The number of nitrogens with zero attached hydrogens (tertiary/aromatic N) is 4. The summed E-state index contributed by atoms with van der Waals surface area (Å²) >= 11 is 3.10. The Morgan fingerprint density at radius 2 is 1.79 bits per heavy atom. The summed E-state index contributed by atoms with van der Waals surface area (Å²) in [6.07, 6.45) is 0.304. The van der Waals surface area contributed by atoms with Gasteiger partial charge in [-0.1, -0.05) is 45.0 Å². The van der Waals surface area contributed by atoms with Crippen molar-refractivity contribution >= 4 is 45.5 Å². The Hall–Kier alpha value is -4.44. The number of hydrogen-bond acceptors (Lipinski definition) is 11. The molecular weight excluding hydrogens is 756 g/mol. The molecule has 2 aliphatic heterocycles. The number of unbranched alkanes of at least 4 members (excludes halogenated alkanes) is 1. The van der Waals surface area contributed by atoms with Gasteiger partial charge in [-0.15, -0.1) is 22.7 Å². The smallest absolute Gasteiger partial charge is 0.246 e. The van der Waals surface area contributed by atoms with E-state index in [1.54, 1.807) is 23.5 Å². The molecule has 0 aliphatic carbocycles. The van der Waals surface area contributed by atoms with E-state index in [1.807, 2.05) is 69.8 Å². The molecule has 15 heteroatoms. The Kier molecular flexibility index (Phi) is 13.4. The van der Waals surface area contributed by atoms with Crippen LogP contribution in [0.25, 0.3) is 21.7 Å². The van der Waals surface area contributed by atoms with Crippen molar-refractivity contribution < 1.29 is 33.4 Å². The zero-order valence-corrected chi connectivity index (χ0v) is 34.2. The highest BCUT2D eigenvalue weighted by atomic mass is 32.1. The minimum absolute atomic E-state index is 0.00915. The number of β-amino-alcohol motifs (C(OH)–C–C–N with tert-alkyl or cyclic N) is 1. The first kappa shape index (κ1) is 41.2. The second-order valence-electron chi connectivity index (χ2n) is 15.4. The van der Waals surface area contributed by atoms with Gasteiger partial charge in [-0.25, -0.2) is 14.4 Å². The zero-order chi connectivity index (χ0) is 40.0. The van der Waals surface area contributed by atoms with E-state index in [0.717, 1.165) is 39.9 Å². The minimum Gasteiger partial charge on any atom is -0.491 e. The van der Waals surface area contributed by atoms with Crippen LogP contribution < -0.4 is 20.3 Å². The molecule has 4 atom stereocenters. The standard InChI is InChI=1S/C41H51FN6O6S2/c1-25(27-9-11-28(12-10-27)36-26(2)43-24-56-36)44-38(51)33-21-30(49)22-48(33)39(52)37(41(3,4)5)46-35(50)8-6-7-17-54-34-14-13-29(20-31(34)42)32-23-55-40(45-32)47-15-18-53-19-16-47/h9-14,20,23-25,30,33,37,49H,6-8,15-19,21-22H2,1-5H3,(H,44,51)(H,46,50)/t25-,30+,33-,37+/m0/s1. The number of aromatic nitrogens is 2. The average molecular weight is 807 g/mol. The van der Waals surface area contributed by atoms with Crippen LogP contribution in [0.15, 0.2) is 53.4 Å². The predicted octanol–water partition coefficient (Wildman–Crippen LogP) is 6.14. The third kappa shape index (κ3) is 10.1. The molecule has 2 aliphatic rings. The molecule has 4 aromatic rings. The van der Waals surface area contributed by atoms with Crippen molar-refractivity contribution in [3.05, 3.63) is 70.4 Å². The molecule has 2 saturated heterocycles. The van der Waals surface area contributed by atoms with Gasteiger partial charge in [0.05, 0.1) is 53.7 Å². The number of carbonyl (C=O) groups excluding carboxylic acids is 3. The number of thiazole rings is 2. The first-order valence-electron chi connectivity index (χ1n) is 19.1. The summed E-state index contributed by atoms with van der Waals surface area (Å²) in [6, 6.07) is 10.6. The SMILES string of the molecule is Cc1ncsc1-c1ccc([C@H](C)NC(=O)[C@@H]2C[C@@H](O)CN2C(=O)[C@@H](NC(=O)CCCCOc2ccc(-c3csc(N4CCOCC4)n3)cc2F)C(C)(C)C)cc1. The fourth-order valence-corrected chi connectivity index (χ4v) is 8.59. The van der Waals surface area contributed by atoms with E-state index in [4.69, 9.17) is 9.47 Å². The number of halogens is 1. The van der Waals surface area contributed by atoms with Gasteiger partial charge in [-0.3, -0.25) is 14.4 Å². The molecule has 2 fully saturated rings. The molecule has 0 bridgehead atoms. The zero-order valence-electron chi connectivity index (χ0n) is 32.5. The summed E-state index contributed by atoms with van der Waals surface area (Å²) < 4.78 is 26.1. The molecule has 300 valence electrons. The van der Waals surface area contributed by atoms with Gasteiger partial charge in [-0.2, -0.15) is 0 Å². The van der Waals surface area contributed by atoms with E-state index in [0.29, 0.717) is 37.3 Å². The maximum absolute atomic E-state index is 15.0. The number of aliphatic hydroxyl groups excluding tert-OH is 1. The lowest BCUT2D eigenvalue weighted by Crippen LogP contribution is -2.57. The van der Waals surface area contributed by atoms with Gasteiger partial charge in [0.25, 0.3) is 0 Å². The molecule has 3 N–H and O–H groups in total. The number of likely N-dealkylation sites (tertiary alicyclic amines) is 1. The molecule has 3 amide bonds. The number of ether oxygens (including phenoxy) is 2. The highest BCUT2D eigenvalue weighted by Gasteiger charge is 2.44. The van der Waals surface area contributed by atoms with E-state index >= 15 is 0 Å². The summed E-state index contributed by atoms with van der Waals surface area (Å²) in [4.78, 5) is 54.4. The summed E-state index contributed by atoms with van der Waals surface area (Å²) in [5.74, 6) is -1.47. The van der Waals surface area contributed by atoms with Crippen LogP contribution in [-0.4, -0.2) is 95.3 Å². The largest absolute Gasteiger partial charge is 0.491 e. The van der Waals surface area contributed by atoms with Crippen molar-refractivity contribution in [2.24, 2.45) is 5.41 Å². The van der Waals surface area contributed by atoms with Crippen LogP contribution in [0.1, 0.15) is 70.7 Å². The molecule has 2 aromatic heterocycles. The number of nitrogens with one attached hydrogen (secondary N) is 2. The summed E-state index contributed by atoms with van der Waals surface area (Å²) in [5, 5.41) is 19.3. The Labute approximate surface area is 335 Å². The molecule has 0 saturated carbocycles. The van der Waals surface area contributed by atoms with E-state index in [-0.39, 0.29) is 49.6 Å². The maximum Gasteiger partial charge on any atom is 0.246 e. The first-order chi connectivity index (χ1) is 26.8. The topological polar surface area (TPSA) is 146 Å². The number of amides is 3. The number of hydrogen-bond donors (Lipinski definition) is 3. The molecule has 0 unspecified atom stereocenters. The van der Waals surface area contributed by atoms with Gasteiger partial charge < -0.3 is 35.0 Å². The van der Waals surface area contributed by atoms with E-state index in [2.05, 4.69) is 25.5 Å². The lowest BCUT2D eigenvalue weighted by atomic mass is 9.85. The van der Waals surface area contributed by atoms with Crippen LogP contribution in [0.3, 0.4) is 0 Å². The Bertz CT molecular complexity index is 1970. The summed E-state index contributed by atoms with van der Waals surface area (Å²) in [6.45, 7) is 12.5. The molecule has 6 rings (SSSR count). The molecule has 2 aromatic carbocycles. The normalized spacial score (nSPS) is 18.4. The van der Waals surface area contributed by atoms with Crippen molar-refractivity contribution in [2.75, 3.05) is 44.4 Å². The Balaban J connectivity index is 0.977. The van der Waals surface area contributed by atoms with Crippen molar-refractivity contribution in [1.82, 2.24) is 25.5 Å². The number of benzene rings is 2. The second kappa shape index (κ2) is 18.2. The van der Waals surface area contributed by atoms with Gasteiger partial charge in [-0.05, 0) is 61.4 Å². The quantitative estimate of drug-likeness (QED) is 0.128. The second-order valence-corrected chi connectivity index (χ2v) is 17.1. The third-order valence-corrected chi connectivity index (χ3v) is 12.0. The Morgan fingerprint density at radius 3 is 2.46 bits per heavy atom. The summed E-state index contributed by atoms with van der Waals surface area (Å²) in [7, 11) is 0. The molecule has 0 radical (unpaired) electrons. The predicted molar refractivity (Wildman–Crippen MR) is 216 cm³/mol. The summed E-state index contributed by atoms with van der Waals surface area (Å²) in [5.41, 5.74) is 5.42. The van der Waals surface area contributed by atoms with Crippen LogP contribution in [-0.2, 0) is 19.1 Å². The minimum atomic E-state index is -0.928. The number of rotatable bonds is 14. The lowest BCUT2D eigenvalue weighted by Gasteiger charge is -2.35. The molecule has 0 spiro atoms. The highest BCUT2D eigenvalue weighted by molar-refractivity contribution is 7.14. The van der Waals surface area contributed by atoms with Crippen molar-refractivity contribution in [3.63, 3.8) is 0 Å². The number of aryl methyl sites for hydroxylation is 1. The molecule has 4 heterocycles. The average Bonchev–Trinajstić information content (AvgIpc) is 3.94. The van der Waals surface area contributed by atoms with Crippen molar-refractivity contribution in [2.45, 2.75) is 84.5 Å². The van der Waals surface area contributed by atoms with E-state index < -0.39 is 35.3 Å². The van der Waals surface area contributed by atoms with Gasteiger partial charge >= 0.3 is 0 Å². The van der Waals surface area contributed by atoms with Crippen LogP contribution in [0.4, 0.5) is 9.52 Å². The van der Waals surface area contributed by atoms with Gasteiger partial charge in [0.15, 0.2) is 16.7 Å². The number of aliphatic hydroxyl groups is 1. The van der Waals surface area contributed by atoms with Crippen LogP contribution in [0.5, 0.6) is 5.75 Å². The Morgan fingerprint density at radius 1 is 1.05 bits per heavy atom. The van der Waals surface area contributed by atoms with Gasteiger partial charge in [0.2, 0.25) is 17.7 Å². The van der Waals surface area contributed by atoms with E-state index in [9.17, 15) is 23.9 Å².